The Labute approximate surface area is 214 Å². The molecule has 3 aromatic rings. The summed E-state index contributed by atoms with van der Waals surface area (Å²) >= 11 is 8.61. The van der Waals surface area contributed by atoms with E-state index in [-0.39, 0.29) is 5.91 Å². The molecule has 5 atom stereocenters. The standard InChI is InChI=1S/C26H23Br2NO3S/c1-29(2)24(31)21-22(15-6-4-3-5-7-15)26(16-8-10-17(27)11-9-16)25(32,23(21)30)19-13-12-18(28)14-20(19)33-26/h3-14,21-23,30,32H,1-2H3/t21-,22-,23-,25+,26+/m1/s1. The molecular formula is C26H23Br2NO3S. The number of fused-ring (bicyclic) bond motifs is 3. The Morgan fingerprint density at radius 2 is 1.61 bits per heavy atom. The predicted molar refractivity (Wildman–Crippen MR) is 137 cm³/mol. The zero-order chi connectivity index (χ0) is 23.5. The highest BCUT2D eigenvalue weighted by atomic mass is 79.9. The van der Waals surface area contributed by atoms with Crippen molar-refractivity contribution in [2.45, 2.75) is 27.3 Å². The van der Waals surface area contributed by atoms with Crippen LogP contribution in [0.4, 0.5) is 0 Å². The fourth-order valence-corrected chi connectivity index (χ4v) is 8.25. The average Bonchev–Trinajstić information content (AvgIpc) is 3.17. The quantitative estimate of drug-likeness (QED) is 0.438. The summed E-state index contributed by atoms with van der Waals surface area (Å²) in [4.78, 5) is 15.9. The Morgan fingerprint density at radius 3 is 2.24 bits per heavy atom. The van der Waals surface area contributed by atoms with Gasteiger partial charge in [-0.2, -0.15) is 0 Å². The summed E-state index contributed by atoms with van der Waals surface area (Å²) in [6.07, 6.45) is -1.30. The van der Waals surface area contributed by atoms with Crippen LogP contribution >= 0.6 is 43.6 Å². The number of aliphatic hydroxyl groups is 2. The molecule has 1 fully saturated rings. The van der Waals surface area contributed by atoms with Crippen molar-refractivity contribution < 1.29 is 15.0 Å². The lowest BCUT2D eigenvalue weighted by atomic mass is 9.73. The van der Waals surface area contributed by atoms with Gasteiger partial charge in [0.1, 0.15) is 11.7 Å². The molecule has 0 radical (unpaired) electrons. The van der Waals surface area contributed by atoms with Crippen LogP contribution in [0.25, 0.3) is 0 Å². The van der Waals surface area contributed by atoms with Crippen molar-refractivity contribution in [2.75, 3.05) is 14.1 Å². The number of halogens is 2. The Kier molecular flexibility index (Phi) is 5.77. The number of nitrogens with zero attached hydrogens (tertiary/aromatic N) is 1. The number of hydrogen-bond acceptors (Lipinski definition) is 4. The largest absolute Gasteiger partial charge is 0.389 e. The van der Waals surface area contributed by atoms with Crippen LogP contribution < -0.4 is 0 Å². The lowest BCUT2D eigenvalue weighted by Crippen LogP contribution is -2.48. The van der Waals surface area contributed by atoms with Gasteiger partial charge in [-0.05, 0) is 35.4 Å². The second-order valence-corrected chi connectivity index (χ2v) is 12.0. The van der Waals surface area contributed by atoms with E-state index in [9.17, 15) is 15.0 Å². The molecule has 1 aliphatic carbocycles. The Morgan fingerprint density at radius 1 is 0.970 bits per heavy atom. The van der Waals surface area contributed by atoms with E-state index in [1.165, 1.54) is 16.7 Å². The number of rotatable bonds is 3. The van der Waals surface area contributed by atoms with Gasteiger partial charge >= 0.3 is 0 Å². The first-order chi connectivity index (χ1) is 15.7. The van der Waals surface area contributed by atoms with Crippen molar-refractivity contribution >= 4 is 49.5 Å². The highest BCUT2D eigenvalue weighted by Crippen LogP contribution is 2.74. The first-order valence-corrected chi connectivity index (χ1v) is 13.0. The molecule has 1 heterocycles. The summed E-state index contributed by atoms with van der Waals surface area (Å²) in [6, 6.07) is 23.4. The third-order valence-electron chi connectivity index (χ3n) is 6.91. The lowest BCUT2D eigenvalue weighted by Gasteiger charge is -2.41. The van der Waals surface area contributed by atoms with Crippen LogP contribution in [0.3, 0.4) is 0 Å². The first-order valence-electron chi connectivity index (χ1n) is 10.6. The van der Waals surface area contributed by atoms with Crippen LogP contribution in [0.2, 0.25) is 0 Å². The number of thioether (sulfide) groups is 1. The van der Waals surface area contributed by atoms with E-state index in [2.05, 4.69) is 31.9 Å². The number of amides is 1. The number of benzene rings is 3. The fourth-order valence-electron chi connectivity index (χ4n) is 5.56. The molecular weight excluding hydrogens is 566 g/mol. The van der Waals surface area contributed by atoms with Crippen molar-refractivity contribution in [3.63, 3.8) is 0 Å². The maximum atomic E-state index is 13.5. The Hall–Kier alpha value is -1.64. The molecule has 170 valence electrons. The van der Waals surface area contributed by atoms with Crippen LogP contribution in [0.5, 0.6) is 0 Å². The van der Waals surface area contributed by atoms with Crippen LogP contribution in [-0.2, 0) is 15.1 Å². The average molecular weight is 589 g/mol. The second kappa shape index (κ2) is 8.24. The SMILES string of the molecule is CN(C)C(=O)[C@H]1[C@@H](O)[C@@]2(O)c3ccc(Br)cc3S[C@@]2(c2ccc(Br)cc2)[C@@H]1c1ccccc1. The van der Waals surface area contributed by atoms with E-state index >= 15 is 0 Å². The minimum absolute atomic E-state index is 0.199. The van der Waals surface area contributed by atoms with Crippen molar-refractivity contribution in [1.82, 2.24) is 4.90 Å². The van der Waals surface area contributed by atoms with Gasteiger partial charge in [0, 0.05) is 39.4 Å². The predicted octanol–water partition coefficient (Wildman–Crippen LogP) is 5.26. The second-order valence-electron chi connectivity index (χ2n) is 8.84. The number of carbonyl (C=O) groups is 1. The van der Waals surface area contributed by atoms with E-state index in [0.717, 1.165) is 25.0 Å². The van der Waals surface area contributed by atoms with Gasteiger partial charge in [-0.3, -0.25) is 4.79 Å². The lowest BCUT2D eigenvalue weighted by molar-refractivity contribution is -0.142. The molecule has 4 nitrogen and oxygen atoms in total. The van der Waals surface area contributed by atoms with Crippen molar-refractivity contribution in [2.24, 2.45) is 5.92 Å². The molecule has 0 saturated heterocycles. The summed E-state index contributed by atoms with van der Waals surface area (Å²) in [5, 5.41) is 24.4. The van der Waals surface area contributed by atoms with Gasteiger partial charge in [0.05, 0.1) is 10.7 Å². The summed E-state index contributed by atoms with van der Waals surface area (Å²) in [5.74, 6) is -1.48. The highest BCUT2D eigenvalue weighted by molar-refractivity contribution is 9.10. The van der Waals surface area contributed by atoms with Gasteiger partial charge in [-0.1, -0.05) is 80.4 Å². The van der Waals surface area contributed by atoms with Crippen LogP contribution in [0, 0.1) is 5.92 Å². The van der Waals surface area contributed by atoms with E-state index in [1.54, 1.807) is 14.1 Å². The molecule has 0 bridgehead atoms. The van der Waals surface area contributed by atoms with Gasteiger partial charge < -0.3 is 15.1 Å². The van der Waals surface area contributed by atoms with E-state index < -0.39 is 28.3 Å². The molecule has 33 heavy (non-hydrogen) atoms. The Balaban J connectivity index is 1.87. The molecule has 5 rings (SSSR count). The number of aliphatic hydroxyl groups excluding tert-OH is 1. The van der Waals surface area contributed by atoms with Gasteiger partial charge in [0.25, 0.3) is 0 Å². The summed E-state index contributed by atoms with van der Waals surface area (Å²) in [5.41, 5.74) is 0.766. The normalized spacial score (nSPS) is 30.1. The maximum Gasteiger partial charge on any atom is 0.228 e. The highest BCUT2D eigenvalue weighted by Gasteiger charge is 2.75. The minimum atomic E-state index is -1.67. The topological polar surface area (TPSA) is 60.8 Å². The van der Waals surface area contributed by atoms with Crippen LogP contribution in [-0.4, -0.2) is 41.2 Å². The molecule has 1 aliphatic heterocycles. The molecule has 1 saturated carbocycles. The van der Waals surface area contributed by atoms with Gasteiger partial charge in [0.2, 0.25) is 5.91 Å². The summed E-state index contributed by atoms with van der Waals surface area (Å²) in [6.45, 7) is 0. The zero-order valence-electron chi connectivity index (χ0n) is 18.1. The van der Waals surface area contributed by atoms with E-state index in [4.69, 9.17) is 0 Å². The zero-order valence-corrected chi connectivity index (χ0v) is 22.1. The Bertz CT molecular complexity index is 1220. The summed E-state index contributed by atoms with van der Waals surface area (Å²) < 4.78 is 0.814. The van der Waals surface area contributed by atoms with Crippen LogP contribution in [0.1, 0.15) is 22.6 Å². The molecule has 0 aromatic heterocycles. The number of carbonyl (C=O) groups excluding carboxylic acids is 1. The monoisotopic (exact) mass is 587 g/mol. The molecule has 0 unspecified atom stereocenters. The molecule has 2 N–H and O–H groups in total. The molecule has 3 aromatic carbocycles. The van der Waals surface area contributed by atoms with E-state index in [0.29, 0.717) is 5.56 Å². The van der Waals surface area contributed by atoms with Gasteiger partial charge in [-0.15, -0.1) is 11.8 Å². The van der Waals surface area contributed by atoms with E-state index in [1.807, 2.05) is 72.8 Å². The van der Waals surface area contributed by atoms with Gasteiger partial charge in [0.15, 0.2) is 0 Å². The molecule has 2 aliphatic rings. The van der Waals surface area contributed by atoms with Gasteiger partial charge in [-0.25, -0.2) is 0 Å². The third kappa shape index (κ3) is 3.20. The molecule has 0 spiro atoms. The molecule has 1 amide bonds. The first kappa shape index (κ1) is 23.1. The summed E-state index contributed by atoms with van der Waals surface area (Å²) in [7, 11) is 3.39. The van der Waals surface area contributed by atoms with Crippen molar-refractivity contribution in [3.05, 3.63) is 98.4 Å². The smallest absolute Gasteiger partial charge is 0.228 e. The molecule has 7 heteroatoms. The van der Waals surface area contributed by atoms with Crippen molar-refractivity contribution in [3.8, 4) is 0 Å². The maximum absolute atomic E-state index is 13.5. The van der Waals surface area contributed by atoms with Crippen LogP contribution in [0.15, 0.2) is 86.6 Å². The minimum Gasteiger partial charge on any atom is -0.389 e. The third-order valence-corrected chi connectivity index (χ3v) is 9.62. The fraction of sp³-hybridized carbons (Fsp3) is 0.269. The van der Waals surface area contributed by atoms with Crippen molar-refractivity contribution in [1.29, 1.82) is 0 Å². The number of hydrogen-bond donors (Lipinski definition) is 2.